The molecule has 0 bridgehead atoms. The molecule has 0 aromatic carbocycles. The van der Waals surface area contributed by atoms with Gasteiger partial charge in [0.1, 0.15) is 0 Å². The third-order valence-corrected chi connectivity index (χ3v) is 5.03. The second-order valence-corrected chi connectivity index (χ2v) is 7.03. The first-order valence-corrected chi connectivity index (χ1v) is 9.15. The van der Waals surface area contributed by atoms with Gasteiger partial charge in [-0.3, -0.25) is 9.97 Å². The Bertz CT molecular complexity index is 891. The van der Waals surface area contributed by atoms with E-state index in [0.29, 0.717) is 0 Å². The molecular formula is C20H21N5S. The Morgan fingerprint density at radius 1 is 1.08 bits per heavy atom. The maximum atomic E-state index is 5.67. The summed E-state index contributed by atoms with van der Waals surface area (Å²) < 4.78 is 2.18. The summed E-state index contributed by atoms with van der Waals surface area (Å²) in [5.74, 6) is 0. The van der Waals surface area contributed by atoms with Crippen molar-refractivity contribution in [1.29, 1.82) is 0 Å². The van der Waals surface area contributed by atoms with Gasteiger partial charge in [0.2, 0.25) is 0 Å². The van der Waals surface area contributed by atoms with Crippen molar-refractivity contribution in [2.75, 3.05) is 0 Å². The van der Waals surface area contributed by atoms with E-state index >= 15 is 0 Å². The minimum atomic E-state index is -0.00331. The van der Waals surface area contributed by atoms with Crippen LogP contribution < -0.4 is 5.32 Å². The van der Waals surface area contributed by atoms with Gasteiger partial charge < -0.3 is 14.8 Å². The van der Waals surface area contributed by atoms with Crippen LogP contribution in [0.3, 0.4) is 0 Å². The van der Waals surface area contributed by atoms with E-state index in [2.05, 4.69) is 69.1 Å². The van der Waals surface area contributed by atoms with Crippen molar-refractivity contribution in [3.05, 3.63) is 78.6 Å². The van der Waals surface area contributed by atoms with E-state index in [9.17, 15) is 0 Å². The number of pyridine rings is 2. The normalized spacial score (nSPS) is 19.8. The van der Waals surface area contributed by atoms with Gasteiger partial charge in [-0.25, -0.2) is 0 Å². The van der Waals surface area contributed by atoms with Gasteiger partial charge in [0.25, 0.3) is 0 Å². The summed E-state index contributed by atoms with van der Waals surface area (Å²) in [7, 11) is 0. The Balaban J connectivity index is 1.83. The van der Waals surface area contributed by atoms with Crippen molar-refractivity contribution < 1.29 is 0 Å². The SMILES string of the molecule is CC(C)N1C(=S)N[C@@H](c2ccccn2)[C@H]1c1cccn1-c1cccnc1. The molecule has 0 unspecified atom stereocenters. The van der Waals surface area contributed by atoms with E-state index in [-0.39, 0.29) is 18.1 Å². The minimum Gasteiger partial charge on any atom is -0.352 e. The first-order chi connectivity index (χ1) is 12.7. The topological polar surface area (TPSA) is 46.0 Å². The molecule has 0 spiro atoms. The molecule has 3 aromatic heterocycles. The summed E-state index contributed by atoms with van der Waals surface area (Å²) in [6, 6.07) is 14.5. The van der Waals surface area contributed by atoms with E-state index < -0.39 is 0 Å². The zero-order valence-electron chi connectivity index (χ0n) is 14.8. The largest absolute Gasteiger partial charge is 0.352 e. The highest BCUT2D eigenvalue weighted by molar-refractivity contribution is 7.80. The molecule has 5 nitrogen and oxygen atoms in total. The summed E-state index contributed by atoms with van der Waals surface area (Å²) in [6.07, 6.45) is 7.56. The molecule has 0 radical (unpaired) electrons. The highest BCUT2D eigenvalue weighted by atomic mass is 32.1. The van der Waals surface area contributed by atoms with E-state index in [4.69, 9.17) is 12.2 Å². The fraction of sp³-hybridized carbons (Fsp3) is 0.250. The Morgan fingerprint density at radius 2 is 1.96 bits per heavy atom. The lowest BCUT2D eigenvalue weighted by Crippen LogP contribution is -2.36. The number of nitrogens with zero attached hydrogens (tertiary/aromatic N) is 4. The summed E-state index contributed by atoms with van der Waals surface area (Å²) >= 11 is 5.67. The Labute approximate surface area is 158 Å². The highest BCUT2D eigenvalue weighted by Crippen LogP contribution is 2.40. The van der Waals surface area contributed by atoms with Crippen LogP contribution >= 0.6 is 12.2 Å². The Morgan fingerprint density at radius 3 is 2.65 bits per heavy atom. The number of aromatic nitrogens is 3. The molecular weight excluding hydrogens is 342 g/mol. The van der Waals surface area contributed by atoms with Crippen molar-refractivity contribution in [2.45, 2.75) is 32.0 Å². The molecule has 2 atom stereocenters. The molecule has 4 heterocycles. The Hall–Kier alpha value is -2.73. The van der Waals surface area contributed by atoms with Crippen molar-refractivity contribution in [3.8, 4) is 5.69 Å². The van der Waals surface area contributed by atoms with Crippen molar-refractivity contribution in [3.63, 3.8) is 0 Å². The standard InChI is InChI=1S/C20H21N5S/c1-14(2)25-19(18(23-20(25)26)16-8-3-4-11-22-16)17-9-6-12-24(17)15-7-5-10-21-13-15/h3-14,18-19H,1-2H3,(H,23,26)/t18-,19+/m0/s1. The first kappa shape index (κ1) is 16.7. The van der Waals surface area contributed by atoms with Crippen LogP contribution in [0.1, 0.15) is 37.3 Å². The molecule has 0 saturated carbocycles. The lowest BCUT2D eigenvalue weighted by Gasteiger charge is -2.31. The van der Waals surface area contributed by atoms with E-state index in [1.54, 1.807) is 6.20 Å². The van der Waals surface area contributed by atoms with E-state index in [0.717, 1.165) is 22.2 Å². The molecule has 1 aliphatic rings. The van der Waals surface area contributed by atoms with Gasteiger partial charge in [0.05, 0.1) is 29.7 Å². The second-order valence-electron chi connectivity index (χ2n) is 6.64. The average molecular weight is 363 g/mol. The quantitative estimate of drug-likeness (QED) is 0.717. The van der Waals surface area contributed by atoms with E-state index in [1.165, 1.54) is 0 Å². The fourth-order valence-electron chi connectivity index (χ4n) is 3.60. The van der Waals surface area contributed by atoms with Crippen LogP contribution in [-0.2, 0) is 0 Å². The van der Waals surface area contributed by atoms with Gasteiger partial charge in [-0.1, -0.05) is 6.07 Å². The number of hydrogen-bond donors (Lipinski definition) is 1. The van der Waals surface area contributed by atoms with Gasteiger partial charge in [-0.15, -0.1) is 0 Å². The number of hydrogen-bond acceptors (Lipinski definition) is 3. The third-order valence-electron chi connectivity index (χ3n) is 4.70. The van der Waals surface area contributed by atoms with Crippen LogP contribution in [-0.4, -0.2) is 30.6 Å². The predicted molar refractivity (Wildman–Crippen MR) is 106 cm³/mol. The third kappa shape index (κ3) is 2.86. The summed E-state index contributed by atoms with van der Waals surface area (Å²) in [5, 5.41) is 4.25. The molecule has 0 amide bonds. The zero-order chi connectivity index (χ0) is 18.1. The lowest BCUT2D eigenvalue weighted by molar-refractivity contribution is 0.262. The second kappa shape index (κ2) is 6.88. The van der Waals surface area contributed by atoms with Gasteiger partial charge in [0.15, 0.2) is 5.11 Å². The summed E-state index contributed by atoms with van der Waals surface area (Å²) in [5.41, 5.74) is 3.19. The molecule has 0 aliphatic carbocycles. The van der Waals surface area contributed by atoms with Crippen LogP contribution in [0.2, 0.25) is 0 Å². The van der Waals surface area contributed by atoms with Crippen LogP contribution in [0, 0.1) is 0 Å². The number of rotatable bonds is 4. The number of nitrogens with one attached hydrogen (secondary N) is 1. The Kier molecular flexibility index (Phi) is 4.42. The smallest absolute Gasteiger partial charge is 0.170 e. The van der Waals surface area contributed by atoms with Crippen LogP contribution in [0.25, 0.3) is 5.69 Å². The summed E-state index contributed by atoms with van der Waals surface area (Å²) in [4.78, 5) is 11.1. The first-order valence-electron chi connectivity index (χ1n) is 8.74. The zero-order valence-corrected chi connectivity index (χ0v) is 15.6. The van der Waals surface area contributed by atoms with Crippen molar-refractivity contribution in [2.24, 2.45) is 0 Å². The molecule has 1 aliphatic heterocycles. The molecule has 132 valence electrons. The monoisotopic (exact) mass is 363 g/mol. The summed E-state index contributed by atoms with van der Waals surface area (Å²) in [6.45, 7) is 4.33. The van der Waals surface area contributed by atoms with Gasteiger partial charge in [-0.05, 0) is 62.5 Å². The number of thiocarbonyl (C=S) groups is 1. The average Bonchev–Trinajstić information content (AvgIpc) is 3.27. The van der Waals surface area contributed by atoms with E-state index in [1.807, 2.05) is 30.6 Å². The molecule has 4 rings (SSSR count). The van der Waals surface area contributed by atoms with Gasteiger partial charge >= 0.3 is 0 Å². The molecule has 1 saturated heterocycles. The molecule has 6 heteroatoms. The maximum Gasteiger partial charge on any atom is 0.170 e. The van der Waals surface area contributed by atoms with Crippen LogP contribution in [0.4, 0.5) is 0 Å². The molecule has 1 N–H and O–H groups in total. The van der Waals surface area contributed by atoms with Crippen molar-refractivity contribution >= 4 is 17.3 Å². The predicted octanol–water partition coefficient (Wildman–Crippen LogP) is 3.65. The van der Waals surface area contributed by atoms with Crippen LogP contribution in [0.5, 0.6) is 0 Å². The van der Waals surface area contributed by atoms with Crippen LogP contribution in [0.15, 0.2) is 67.3 Å². The molecule has 1 fully saturated rings. The van der Waals surface area contributed by atoms with Crippen molar-refractivity contribution in [1.82, 2.24) is 24.8 Å². The van der Waals surface area contributed by atoms with Gasteiger partial charge in [0, 0.05) is 30.3 Å². The maximum absolute atomic E-state index is 5.67. The van der Waals surface area contributed by atoms with Gasteiger partial charge in [-0.2, -0.15) is 0 Å². The lowest BCUT2D eigenvalue weighted by atomic mass is 10.0. The minimum absolute atomic E-state index is 0.00331. The highest BCUT2D eigenvalue weighted by Gasteiger charge is 2.42. The molecule has 26 heavy (non-hydrogen) atoms. The fourth-order valence-corrected chi connectivity index (χ4v) is 4.06. The molecule has 3 aromatic rings.